The third-order valence-electron chi connectivity index (χ3n) is 7.62. The molecule has 1 heterocycles. The van der Waals surface area contributed by atoms with Crippen LogP contribution in [0.1, 0.15) is 47.3 Å². The normalized spacial score (nSPS) is 18.1. The summed E-state index contributed by atoms with van der Waals surface area (Å²) in [5.41, 5.74) is 4.11. The molecule has 1 N–H and O–H groups in total. The molecule has 3 aromatic carbocycles. The van der Waals surface area contributed by atoms with Crippen molar-refractivity contribution >= 4 is 21.6 Å². The van der Waals surface area contributed by atoms with Gasteiger partial charge in [0.1, 0.15) is 11.6 Å². The van der Waals surface area contributed by atoms with Crippen LogP contribution in [0, 0.1) is 5.82 Å². The van der Waals surface area contributed by atoms with E-state index >= 15 is 0 Å². The van der Waals surface area contributed by atoms with Gasteiger partial charge in [0.2, 0.25) is 10.0 Å². The Hall–Kier alpha value is -4.08. The first-order valence-electron chi connectivity index (χ1n) is 13.3. The van der Waals surface area contributed by atoms with Crippen molar-refractivity contribution in [2.45, 2.75) is 42.7 Å². The summed E-state index contributed by atoms with van der Waals surface area (Å²) in [6.45, 7) is 0.245. The largest absolute Gasteiger partial charge is 0.337 e. The number of rotatable bonds is 8. The molecule has 40 heavy (non-hydrogen) atoms. The number of fused-ring (bicyclic) bond motifs is 1. The maximum atomic E-state index is 13.9. The van der Waals surface area contributed by atoms with Crippen molar-refractivity contribution in [2.75, 3.05) is 4.90 Å². The number of hydrogen-bond acceptors (Lipinski definition) is 4. The van der Waals surface area contributed by atoms with E-state index in [9.17, 15) is 17.6 Å². The van der Waals surface area contributed by atoms with Crippen LogP contribution in [0.5, 0.6) is 0 Å². The van der Waals surface area contributed by atoms with Gasteiger partial charge < -0.3 is 9.47 Å². The average Bonchev–Trinajstić information content (AvgIpc) is 3.66. The maximum Gasteiger partial charge on any atom is 0.255 e. The molecule has 1 amide bonds. The molecule has 0 fully saturated rings. The standard InChI is InChI=1S/C31H29FN4O3S/c1-35-17-16-33-30(35)20-36(31(37)28-19-26(28)22-10-13-23(32)14-11-22)24-15-12-21-6-5-9-29(27(21)18-24)34-40(38,39)25-7-3-2-4-8-25/h2-4,7-8,10-19,26,29,34H,5-6,9,20H2,1H3/t26-,29+/m0/s1. The van der Waals surface area contributed by atoms with Crippen molar-refractivity contribution in [2.24, 2.45) is 7.05 Å². The van der Waals surface area contributed by atoms with E-state index < -0.39 is 16.1 Å². The van der Waals surface area contributed by atoms with Gasteiger partial charge in [-0.1, -0.05) is 42.5 Å². The van der Waals surface area contributed by atoms with E-state index in [1.54, 1.807) is 53.6 Å². The third kappa shape index (κ3) is 5.22. The molecule has 0 aliphatic heterocycles. The topological polar surface area (TPSA) is 84.3 Å². The highest BCUT2D eigenvalue weighted by Gasteiger charge is 2.36. The lowest BCUT2D eigenvalue weighted by Crippen LogP contribution is -2.33. The van der Waals surface area contributed by atoms with Crippen LogP contribution in [0.25, 0.3) is 0 Å². The lowest BCUT2D eigenvalue weighted by atomic mass is 9.87. The smallest absolute Gasteiger partial charge is 0.255 e. The Labute approximate surface area is 233 Å². The summed E-state index contributed by atoms with van der Waals surface area (Å²) < 4.78 is 44.5. The number of halogens is 1. The van der Waals surface area contributed by atoms with Gasteiger partial charge in [-0.2, -0.15) is 0 Å². The molecule has 0 unspecified atom stereocenters. The number of amides is 1. The monoisotopic (exact) mass is 556 g/mol. The molecule has 0 saturated heterocycles. The maximum absolute atomic E-state index is 13.9. The molecular formula is C31H29FN4O3S. The molecule has 0 spiro atoms. The zero-order chi connectivity index (χ0) is 27.9. The first-order chi connectivity index (χ1) is 19.3. The molecular weight excluding hydrogens is 527 g/mol. The fraction of sp³-hybridized carbons (Fsp3) is 0.226. The van der Waals surface area contributed by atoms with Gasteiger partial charge in [-0.25, -0.2) is 22.5 Å². The Balaban J connectivity index is 1.32. The summed E-state index contributed by atoms with van der Waals surface area (Å²) in [6, 6.07) is 20.0. The fourth-order valence-corrected chi connectivity index (χ4v) is 6.61. The van der Waals surface area contributed by atoms with Crippen molar-refractivity contribution < 1.29 is 17.6 Å². The van der Waals surface area contributed by atoms with Crippen LogP contribution in [0.15, 0.2) is 102 Å². The van der Waals surface area contributed by atoms with E-state index in [2.05, 4.69) is 9.71 Å². The van der Waals surface area contributed by atoms with Gasteiger partial charge in [0.05, 0.1) is 11.4 Å². The van der Waals surface area contributed by atoms with E-state index in [0.717, 1.165) is 29.5 Å². The second kappa shape index (κ2) is 10.5. The molecule has 0 saturated carbocycles. The van der Waals surface area contributed by atoms with Gasteiger partial charge in [-0.3, -0.25) is 4.79 Å². The number of carbonyl (C=O) groups is 1. The number of aromatic nitrogens is 2. The molecule has 7 nitrogen and oxygen atoms in total. The highest BCUT2D eigenvalue weighted by molar-refractivity contribution is 7.89. The van der Waals surface area contributed by atoms with Crippen LogP contribution >= 0.6 is 0 Å². The Bertz CT molecular complexity index is 1700. The summed E-state index contributed by atoms with van der Waals surface area (Å²) in [4.78, 5) is 20.2. The Morgan fingerprint density at radius 2 is 1.88 bits per heavy atom. The van der Waals surface area contributed by atoms with Gasteiger partial charge in [0, 0.05) is 42.7 Å². The number of allylic oxidation sites excluding steroid dienone is 1. The first kappa shape index (κ1) is 26.2. The van der Waals surface area contributed by atoms with Gasteiger partial charge in [0.25, 0.3) is 5.91 Å². The van der Waals surface area contributed by atoms with Gasteiger partial charge in [-0.05, 0) is 72.4 Å². The Morgan fingerprint density at radius 1 is 1.10 bits per heavy atom. The van der Waals surface area contributed by atoms with Crippen molar-refractivity contribution in [1.29, 1.82) is 0 Å². The summed E-state index contributed by atoms with van der Waals surface area (Å²) in [5.74, 6) is 0.0710. The van der Waals surface area contributed by atoms with Crippen molar-refractivity contribution in [1.82, 2.24) is 14.3 Å². The molecule has 2 aliphatic rings. The lowest BCUT2D eigenvalue weighted by Gasteiger charge is -2.29. The average molecular weight is 557 g/mol. The second-order valence-electron chi connectivity index (χ2n) is 10.3. The second-order valence-corrected chi connectivity index (χ2v) is 12.0. The number of nitrogens with one attached hydrogen (secondary N) is 1. The van der Waals surface area contributed by atoms with Crippen LogP contribution < -0.4 is 9.62 Å². The molecule has 1 aromatic heterocycles. The number of hydrogen-bond donors (Lipinski definition) is 1. The Kier molecular flexibility index (Phi) is 6.85. The van der Waals surface area contributed by atoms with E-state index in [0.29, 0.717) is 23.5 Å². The summed E-state index contributed by atoms with van der Waals surface area (Å²) >= 11 is 0. The lowest BCUT2D eigenvalue weighted by molar-refractivity contribution is -0.115. The molecule has 2 aliphatic carbocycles. The van der Waals surface area contributed by atoms with E-state index in [-0.39, 0.29) is 29.1 Å². The van der Waals surface area contributed by atoms with Crippen LogP contribution in [0.4, 0.5) is 10.1 Å². The number of sulfonamides is 1. The van der Waals surface area contributed by atoms with Crippen molar-refractivity contribution in [3.05, 3.63) is 125 Å². The predicted molar refractivity (Wildman–Crippen MR) is 151 cm³/mol. The van der Waals surface area contributed by atoms with Crippen LogP contribution in [-0.2, 0) is 34.8 Å². The molecule has 204 valence electrons. The number of carbonyl (C=O) groups excluding carboxylic acids is 1. The van der Waals surface area contributed by atoms with Gasteiger partial charge in [0.15, 0.2) is 0 Å². The minimum absolute atomic E-state index is 0.158. The molecule has 9 heteroatoms. The van der Waals surface area contributed by atoms with Crippen LogP contribution in [-0.4, -0.2) is 23.9 Å². The van der Waals surface area contributed by atoms with E-state index in [1.165, 1.54) is 12.1 Å². The molecule has 4 aromatic rings. The SMILES string of the molecule is Cn1ccnc1CN(C(=O)C1=C[C@H]1c1ccc(F)cc1)c1ccc2c(c1)[C@H](NS(=O)(=O)c1ccccc1)CCC2. The number of imidazole rings is 1. The summed E-state index contributed by atoms with van der Waals surface area (Å²) in [6.07, 6.45) is 7.76. The molecule has 0 radical (unpaired) electrons. The minimum atomic E-state index is -3.72. The zero-order valence-electron chi connectivity index (χ0n) is 22.0. The third-order valence-corrected chi connectivity index (χ3v) is 9.11. The minimum Gasteiger partial charge on any atom is -0.337 e. The number of anilines is 1. The zero-order valence-corrected chi connectivity index (χ0v) is 22.8. The Morgan fingerprint density at radius 3 is 2.60 bits per heavy atom. The molecule has 0 bridgehead atoms. The summed E-state index contributed by atoms with van der Waals surface area (Å²) in [7, 11) is -1.84. The van der Waals surface area contributed by atoms with Crippen LogP contribution in [0.3, 0.4) is 0 Å². The van der Waals surface area contributed by atoms with Crippen molar-refractivity contribution in [3.8, 4) is 0 Å². The number of nitrogens with zero attached hydrogens (tertiary/aromatic N) is 3. The quantitative estimate of drug-likeness (QED) is 0.325. The van der Waals surface area contributed by atoms with E-state index in [4.69, 9.17) is 0 Å². The predicted octanol–water partition coefficient (Wildman–Crippen LogP) is 5.17. The number of aryl methyl sites for hydroxylation is 2. The van der Waals surface area contributed by atoms with Gasteiger partial charge in [-0.15, -0.1) is 0 Å². The first-order valence-corrected chi connectivity index (χ1v) is 14.7. The highest BCUT2D eigenvalue weighted by Crippen LogP contribution is 2.42. The van der Waals surface area contributed by atoms with Gasteiger partial charge >= 0.3 is 0 Å². The summed E-state index contributed by atoms with van der Waals surface area (Å²) in [5, 5.41) is 0. The van der Waals surface area contributed by atoms with E-state index in [1.807, 2.05) is 42.1 Å². The molecule has 2 atom stereocenters. The van der Waals surface area contributed by atoms with Crippen LogP contribution in [0.2, 0.25) is 0 Å². The van der Waals surface area contributed by atoms with Crippen molar-refractivity contribution in [3.63, 3.8) is 0 Å². The fourth-order valence-electron chi connectivity index (χ4n) is 5.34. The number of benzene rings is 3. The molecule has 6 rings (SSSR count). The highest BCUT2D eigenvalue weighted by atomic mass is 32.2.